The Morgan fingerprint density at radius 3 is 2.00 bits per heavy atom. The van der Waals surface area contributed by atoms with Crippen LogP contribution in [0.15, 0.2) is 59.5 Å². The number of hydrogen-bond acceptors (Lipinski definition) is 5. The molecular weight excluding hydrogens is 364 g/mol. The molecule has 0 fully saturated rings. The Morgan fingerprint density at radius 1 is 0.963 bits per heavy atom. The molecule has 0 N–H and O–H groups in total. The number of aryl methyl sites for hydroxylation is 1. The minimum Gasteiger partial charge on any atom is -0.464 e. The first-order valence-electron chi connectivity index (χ1n) is 8.79. The highest BCUT2D eigenvalue weighted by atomic mass is 32.2. The van der Waals surface area contributed by atoms with E-state index < -0.39 is 27.1 Å². The summed E-state index contributed by atoms with van der Waals surface area (Å²) in [7, 11) is -4.23. The predicted octanol–water partition coefficient (Wildman–Crippen LogP) is 4.21. The van der Waals surface area contributed by atoms with Gasteiger partial charge in [0, 0.05) is 5.41 Å². The zero-order valence-electron chi connectivity index (χ0n) is 16.4. The summed E-state index contributed by atoms with van der Waals surface area (Å²) in [6.45, 7) is 8.90. The van der Waals surface area contributed by atoms with E-state index >= 15 is 0 Å². The number of benzene rings is 2. The molecule has 5 nitrogen and oxygen atoms in total. The number of carbonyl (C=O) groups is 1. The summed E-state index contributed by atoms with van der Waals surface area (Å²) in [5, 5.41) is 0. The minimum absolute atomic E-state index is 0.0121. The van der Waals surface area contributed by atoms with Crippen molar-refractivity contribution < 1.29 is 22.1 Å². The molecule has 2 aromatic rings. The Kier molecular flexibility index (Phi) is 6.12. The lowest BCUT2D eigenvalue weighted by atomic mass is 9.72. The van der Waals surface area contributed by atoms with Crippen LogP contribution in [0.3, 0.4) is 0 Å². The van der Waals surface area contributed by atoms with Crippen LogP contribution in [-0.4, -0.2) is 21.0 Å². The van der Waals surface area contributed by atoms with Crippen LogP contribution in [0.25, 0.3) is 0 Å². The standard InChI is InChI=1S/C21H26O5S/c1-6-25-19(22)21(20(3,4)5,17-10-8-7-9-11-17)26-27(23,24)18-14-12-16(2)13-15-18/h7-15H,6H2,1-5H3. The molecular formula is C21H26O5S. The number of rotatable bonds is 6. The third kappa shape index (κ3) is 4.22. The van der Waals surface area contributed by atoms with Crippen LogP contribution in [-0.2, 0) is 29.4 Å². The lowest BCUT2D eigenvalue weighted by Gasteiger charge is -2.41. The molecule has 0 aromatic heterocycles. The fourth-order valence-electron chi connectivity index (χ4n) is 2.89. The molecule has 146 valence electrons. The van der Waals surface area contributed by atoms with Crippen LogP contribution >= 0.6 is 0 Å². The summed E-state index contributed by atoms with van der Waals surface area (Å²) in [6.07, 6.45) is 0. The third-order valence-corrected chi connectivity index (χ3v) is 5.66. The zero-order chi connectivity index (χ0) is 20.3. The number of esters is 1. The predicted molar refractivity (Wildman–Crippen MR) is 104 cm³/mol. The van der Waals surface area contributed by atoms with Crippen molar-refractivity contribution in [1.29, 1.82) is 0 Å². The quantitative estimate of drug-likeness (QED) is 0.546. The van der Waals surface area contributed by atoms with Gasteiger partial charge in [-0.25, -0.2) is 8.98 Å². The van der Waals surface area contributed by atoms with Gasteiger partial charge in [0.25, 0.3) is 10.1 Å². The number of ether oxygens (including phenoxy) is 1. The van der Waals surface area contributed by atoms with Crippen molar-refractivity contribution in [2.75, 3.05) is 6.61 Å². The fourth-order valence-corrected chi connectivity index (χ4v) is 4.20. The van der Waals surface area contributed by atoms with Crippen molar-refractivity contribution in [3.05, 3.63) is 65.7 Å². The fraction of sp³-hybridized carbons (Fsp3) is 0.381. The average Bonchev–Trinajstić information content (AvgIpc) is 2.60. The molecule has 1 atom stereocenters. The Labute approximate surface area is 161 Å². The van der Waals surface area contributed by atoms with Gasteiger partial charge in [-0.2, -0.15) is 8.42 Å². The van der Waals surface area contributed by atoms with Gasteiger partial charge in [0.05, 0.1) is 11.5 Å². The summed E-state index contributed by atoms with van der Waals surface area (Å²) in [5.74, 6) is -0.737. The van der Waals surface area contributed by atoms with Crippen LogP contribution in [0.2, 0.25) is 0 Å². The SMILES string of the molecule is CCOC(=O)C(OS(=O)(=O)c1ccc(C)cc1)(c1ccccc1)C(C)(C)C. The molecule has 0 amide bonds. The van der Waals surface area contributed by atoms with Crippen molar-refractivity contribution in [2.24, 2.45) is 5.41 Å². The molecule has 0 spiro atoms. The van der Waals surface area contributed by atoms with E-state index in [1.54, 1.807) is 70.2 Å². The van der Waals surface area contributed by atoms with Gasteiger partial charge in [0.1, 0.15) is 0 Å². The van der Waals surface area contributed by atoms with Crippen LogP contribution in [0.5, 0.6) is 0 Å². The van der Waals surface area contributed by atoms with Crippen molar-refractivity contribution in [1.82, 2.24) is 0 Å². The smallest absolute Gasteiger partial charge is 0.345 e. The van der Waals surface area contributed by atoms with Crippen LogP contribution in [0.4, 0.5) is 0 Å². The van der Waals surface area contributed by atoms with E-state index in [1.165, 1.54) is 12.1 Å². The maximum Gasteiger partial charge on any atom is 0.345 e. The third-order valence-electron chi connectivity index (χ3n) is 4.34. The summed E-state index contributed by atoms with van der Waals surface area (Å²) in [6, 6.07) is 14.9. The Balaban J connectivity index is 2.68. The van der Waals surface area contributed by atoms with E-state index in [0.717, 1.165) is 5.56 Å². The molecule has 6 heteroatoms. The lowest BCUT2D eigenvalue weighted by Crippen LogP contribution is -2.51. The zero-order valence-corrected chi connectivity index (χ0v) is 17.2. The van der Waals surface area contributed by atoms with E-state index in [-0.39, 0.29) is 11.5 Å². The highest BCUT2D eigenvalue weighted by molar-refractivity contribution is 7.86. The highest BCUT2D eigenvalue weighted by Gasteiger charge is 2.56. The average molecular weight is 391 g/mol. The first-order valence-corrected chi connectivity index (χ1v) is 10.2. The maximum absolute atomic E-state index is 13.1. The molecule has 0 radical (unpaired) electrons. The summed E-state index contributed by atoms with van der Waals surface area (Å²) in [4.78, 5) is 13.1. The van der Waals surface area contributed by atoms with Crippen molar-refractivity contribution in [3.63, 3.8) is 0 Å². The molecule has 0 saturated heterocycles. The Morgan fingerprint density at radius 2 is 1.52 bits per heavy atom. The van der Waals surface area contributed by atoms with Gasteiger partial charge >= 0.3 is 5.97 Å². The minimum atomic E-state index is -4.23. The molecule has 2 rings (SSSR count). The van der Waals surface area contributed by atoms with Crippen LogP contribution in [0.1, 0.15) is 38.8 Å². The maximum atomic E-state index is 13.1. The van der Waals surface area contributed by atoms with E-state index in [1.807, 2.05) is 6.92 Å². The second-order valence-electron chi connectivity index (χ2n) is 7.37. The number of hydrogen-bond donors (Lipinski definition) is 0. The molecule has 1 unspecified atom stereocenters. The first-order chi connectivity index (χ1) is 12.5. The van der Waals surface area contributed by atoms with Crippen LogP contribution in [0, 0.1) is 12.3 Å². The highest BCUT2D eigenvalue weighted by Crippen LogP contribution is 2.46. The topological polar surface area (TPSA) is 69.7 Å². The van der Waals surface area contributed by atoms with Gasteiger partial charge in [0.15, 0.2) is 0 Å². The Hall–Kier alpha value is -2.18. The summed E-state index contributed by atoms with van der Waals surface area (Å²) in [5.41, 5.74) is -1.39. The Bertz CT molecular complexity index is 880. The molecule has 0 aliphatic heterocycles. The van der Waals surface area contributed by atoms with E-state index in [2.05, 4.69) is 0 Å². The molecule has 0 aliphatic carbocycles. The number of carbonyl (C=O) groups excluding carboxylic acids is 1. The van der Waals surface area contributed by atoms with Crippen molar-refractivity contribution in [3.8, 4) is 0 Å². The molecule has 0 aliphatic rings. The largest absolute Gasteiger partial charge is 0.464 e. The molecule has 0 saturated carbocycles. The molecule has 0 heterocycles. The van der Waals surface area contributed by atoms with Gasteiger partial charge in [0.2, 0.25) is 5.60 Å². The second kappa shape index (κ2) is 7.82. The van der Waals surface area contributed by atoms with Gasteiger partial charge in [-0.15, -0.1) is 0 Å². The molecule has 2 aromatic carbocycles. The second-order valence-corrected chi connectivity index (χ2v) is 8.91. The summed E-state index contributed by atoms with van der Waals surface area (Å²) >= 11 is 0. The lowest BCUT2D eigenvalue weighted by molar-refractivity contribution is -0.174. The van der Waals surface area contributed by atoms with E-state index in [4.69, 9.17) is 8.92 Å². The van der Waals surface area contributed by atoms with Gasteiger partial charge in [-0.1, -0.05) is 68.8 Å². The van der Waals surface area contributed by atoms with Gasteiger partial charge in [-0.3, -0.25) is 0 Å². The summed E-state index contributed by atoms with van der Waals surface area (Å²) < 4.78 is 37.1. The van der Waals surface area contributed by atoms with Crippen molar-refractivity contribution >= 4 is 16.1 Å². The molecule has 27 heavy (non-hydrogen) atoms. The van der Waals surface area contributed by atoms with Crippen molar-refractivity contribution in [2.45, 2.75) is 45.1 Å². The van der Waals surface area contributed by atoms with E-state index in [0.29, 0.717) is 5.56 Å². The molecule has 0 bridgehead atoms. The van der Waals surface area contributed by atoms with Gasteiger partial charge in [-0.05, 0) is 31.5 Å². The monoisotopic (exact) mass is 390 g/mol. The normalized spacial score (nSPS) is 14.4. The first kappa shape index (κ1) is 21.1. The van der Waals surface area contributed by atoms with Gasteiger partial charge < -0.3 is 4.74 Å². The van der Waals surface area contributed by atoms with Crippen LogP contribution < -0.4 is 0 Å². The van der Waals surface area contributed by atoms with E-state index in [9.17, 15) is 13.2 Å².